The number of hydrogen-bond donors (Lipinski definition) is 0. The quantitative estimate of drug-likeness (QED) is 0.669. The Morgan fingerprint density at radius 1 is 1.14 bits per heavy atom. The van der Waals surface area contributed by atoms with Gasteiger partial charge < -0.3 is 0 Å². The van der Waals surface area contributed by atoms with Crippen molar-refractivity contribution >= 4 is 17.0 Å². The molecule has 0 saturated carbocycles. The molecule has 0 fully saturated rings. The Morgan fingerprint density at radius 2 is 1.43 bits per heavy atom. The molecule has 0 amide bonds. The molecule has 0 aliphatic carbocycles. The summed E-state index contributed by atoms with van der Waals surface area (Å²) < 4.78 is 2.07. The van der Waals surface area contributed by atoms with E-state index in [1.807, 2.05) is 0 Å². The van der Waals surface area contributed by atoms with Crippen LogP contribution in [0.4, 0.5) is 0 Å². The van der Waals surface area contributed by atoms with E-state index in [0.717, 1.165) is 8.26 Å². The summed E-state index contributed by atoms with van der Waals surface area (Å²) in [6.07, 6.45) is 0. The van der Waals surface area contributed by atoms with Crippen molar-refractivity contribution in [3.63, 3.8) is 0 Å². The fraction of sp³-hybridized carbons (Fsp3) is 1.00. The third kappa shape index (κ3) is 4.00. The van der Waals surface area contributed by atoms with Crippen LogP contribution in [-0.4, -0.2) is 0 Å². The minimum atomic E-state index is -2.34. The van der Waals surface area contributed by atoms with Gasteiger partial charge in [-0.15, -0.1) is 0 Å². The van der Waals surface area contributed by atoms with Crippen molar-refractivity contribution in [2.45, 2.75) is 22.1 Å². The van der Waals surface area contributed by atoms with Crippen molar-refractivity contribution in [1.82, 2.24) is 0 Å². The molecule has 0 radical (unpaired) electrons. The van der Waals surface area contributed by atoms with Crippen molar-refractivity contribution in [2.24, 2.45) is 0 Å². The molecule has 0 N–H and O–H groups in total. The van der Waals surface area contributed by atoms with E-state index in [1.165, 1.54) is 0 Å². The van der Waals surface area contributed by atoms with Crippen LogP contribution >= 0.6 is 17.0 Å². The van der Waals surface area contributed by atoms with Crippen molar-refractivity contribution in [2.75, 3.05) is 0 Å². The predicted octanol–water partition coefficient (Wildman–Crippen LogP) is 3.32. The summed E-state index contributed by atoms with van der Waals surface area (Å²) in [6.45, 7) is 4.14. The summed E-state index contributed by atoms with van der Waals surface area (Å²) in [6, 6.07) is 0. The van der Waals surface area contributed by atoms with Crippen LogP contribution in [0, 0.1) is 0 Å². The van der Waals surface area contributed by atoms with E-state index in [-0.39, 0.29) is 0 Å². The van der Waals surface area contributed by atoms with Gasteiger partial charge in [0.15, 0.2) is 0 Å². The second-order valence-corrected chi connectivity index (χ2v) is 19.0. The molecule has 0 nitrogen and oxygen atoms in total. The van der Waals surface area contributed by atoms with Gasteiger partial charge in [-0.25, -0.2) is 0 Å². The second kappa shape index (κ2) is 3.48. The number of halogens is 2. The zero-order chi connectivity index (χ0) is 5.91. The van der Waals surface area contributed by atoms with Gasteiger partial charge in [-0.1, -0.05) is 0 Å². The molecule has 0 saturated heterocycles. The van der Waals surface area contributed by atoms with Gasteiger partial charge in [0.05, 0.1) is 0 Å². The SMILES string of the molecule is C[CH2][Zr]([Cl])([Cl])[CH2]C. The van der Waals surface area contributed by atoms with Crippen LogP contribution in [0.15, 0.2) is 0 Å². The Hall–Kier alpha value is 1.46. The van der Waals surface area contributed by atoms with Crippen LogP contribution in [-0.2, 0) is 17.9 Å². The molecule has 0 aromatic rings. The number of hydrogen-bond acceptors (Lipinski definition) is 0. The Morgan fingerprint density at radius 3 is 1.43 bits per heavy atom. The van der Waals surface area contributed by atoms with E-state index < -0.39 is 17.9 Å². The first kappa shape index (κ1) is 8.46. The van der Waals surface area contributed by atoms with Gasteiger partial charge in [-0.3, -0.25) is 0 Å². The molecule has 0 unspecified atom stereocenters. The third-order valence-corrected chi connectivity index (χ3v) is 12.4. The average molecular weight is 220 g/mol. The minimum absolute atomic E-state index is 1.04. The summed E-state index contributed by atoms with van der Waals surface area (Å²) >= 11 is -2.34. The van der Waals surface area contributed by atoms with Crippen molar-refractivity contribution in [3.8, 4) is 0 Å². The molecule has 0 heterocycles. The van der Waals surface area contributed by atoms with E-state index in [9.17, 15) is 0 Å². The van der Waals surface area contributed by atoms with Crippen LogP contribution in [0.5, 0.6) is 0 Å². The number of rotatable bonds is 2. The van der Waals surface area contributed by atoms with Crippen LogP contribution in [0.1, 0.15) is 13.8 Å². The van der Waals surface area contributed by atoms with Crippen molar-refractivity contribution in [1.29, 1.82) is 0 Å². The molecule has 0 rings (SSSR count). The molecular formula is C4H10Cl2Zr. The first-order valence-corrected chi connectivity index (χ1v) is 12.3. The molecule has 3 heteroatoms. The maximum atomic E-state index is 5.88. The Balaban J connectivity index is 3.36. The van der Waals surface area contributed by atoms with Crippen LogP contribution in [0.3, 0.4) is 0 Å². The topological polar surface area (TPSA) is 0 Å². The van der Waals surface area contributed by atoms with Crippen LogP contribution < -0.4 is 0 Å². The molecule has 0 aliphatic rings. The summed E-state index contributed by atoms with van der Waals surface area (Å²) in [7, 11) is 11.8. The summed E-state index contributed by atoms with van der Waals surface area (Å²) in [5, 5.41) is 0. The normalized spacial score (nSPS) is 12.0. The average Bonchev–Trinajstić information content (AvgIpc) is 1.68. The Kier molecular flexibility index (Phi) is 4.21. The summed E-state index contributed by atoms with van der Waals surface area (Å²) in [4.78, 5) is 0. The second-order valence-electron chi connectivity index (χ2n) is 1.56. The van der Waals surface area contributed by atoms with Crippen LogP contribution in [0.2, 0.25) is 8.26 Å². The molecular weight excluding hydrogens is 210 g/mol. The standard InChI is InChI=1S/2C2H5.2ClH.Zr/c2*1-2;;;/h2*1H2,2H3;2*1H;/q;;;;+2/p-2. The molecule has 0 atom stereocenters. The summed E-state index contributed by atoms with van der Waals surface area (Å²) in [5.74, 6) is 0. The first-order chi connectivity index (χ1) is 3.12. The van der Waals surface area contributed by atoms with Gasteiger partial charge in [0.1, 0.15) is 0 Å². The molecule has 7 heavy (non-hydrogen) atoms. The fourth-order valence-corrected chi connectivity index (χ4v) is 1.48. The van der Waals surface area contributed by atoms with E-state index in [4.69, 9.17) is 17.0 Å². The van der Waals surface area contributed by atoms with E-state index >= 15 is 0 Å². The van der Waals surface area contributed by atoms with Gasteiger partial charge in [0.2, 0.25) is 0 Å². The molecule has 0 aromatic carbocycles. The van der Waals surface area contributed by atoms with Gasteiger partial charge >= 0.3 is 57.0 Å². The maximum absolute atomic E-state index is 5.88. The Labute approximate surface area is 56.7 Å². The van der Waals surface area contributed by atoms with Crippen LogP contribution in [0.25, 0.3) is 0 Å². The predicted molar refractivity (Wildman–Crippen MR) is 32.7 cm³/mol. The van der Waals surface area contributed by atoms with Gasteiger partial charge in [-0.05, 0) is 0 Å². The third-order valence-electron chi connectivity index (χ3n) is 1.03. The zero-order valence-corrected chi connectivity index (χ0v) is 8.64. The zero-order valence-electron chi connectivity index (χ0n) is 4.67. The van der Waals surface area contributed by atoms with Crippen molar-refractivity contribution in [3.05, 3.63) is 0 Å². The molecule has 0 bridgehead atoms. The van der Waals surface area contributed by atoms with Gasteiger partial charge in [0.25, 0.3) is 0 Å². The van der Waals surface area contributed by atoms with Gasteiger partial charge in [0, 0.05) is 0 Å². The monoisotopic (exact) mass is 218 g/mol. The van der Waals surface area contributed by atoms with Gasteiger partial charge in [-0.2, -0.15) is 0 Å². The molecule has 0 spiro atoms. The molecule has 44 valence electrons. The van der Waals surface area contributed by atoms with E-state index in [1.54, 1.807) is 0 Å². The molecule has 0 aliphatic heterocycles. The van der Waals surface area contributed by atoms with E-state index in [0.29, 0.717) is 0 Å². The first-order valence-electron chi connectivity index (χ1n) is 2.50. The van der Waals surface area contributed by atoms with Crippen molar-refractivity contribution < 1.29 is 17.9 Å². The summed E-state index contributed by atoms with van der Waals surface area (Å²) in [5.41, 5.74) is 0. The molecule has 0 aromatic heterocycles. The van der Waals surface area contributed by atoms with E-state index in [2.05, 4.69) is 13.8 Å². The fourth-order valence-electron chi connectivity index (χ4n) is 0.250. The Bertz CT molecular complexity index is 47.7.